The molecule has 1 fully saturated rings. The number of likely N-dealkylation sites (tertiary alicyclic amines) is 1. The van der Waals surface area contributed by atoms with E-state index in [-0.39, 0.29) is 12.1 Å². The number of nitrogens with zero attached hydrogens (tertiary/aromatic N) is 6. The van der Waals surface area contributed by atoms with Gasteiger partial charge < -0.3 is 4.74 Å². The fourth-order valence-electron chi connectivity index (χ4n) is 3.32. The van der Waals surface area contributed by atoms with Gasteiger partial charge in [-0.3, -0.25) is 4.90 Å². The number of hydrogen-bond donors (Lipinski definition) is 0. The molecular formula is C15H20N6O. The van der Waals surface area contributed by atoms with Gasteiger partial charge in [0.15, 0.2) is 0 Å². The molecule has 116 valence electrons. The third-order valence-corrected chi connectivity index (χ3v) is 4.48. The van der Waals surface area contributed by atoms with Gasteiger partial charge in [-0.05, 0) is 12.5 Å². The van der Waals surface area contributed by atoms with Crippen LogP contribution in [0, 0.1) is 0 Å². The Morgan fingerprint density at radius 2 is 2.36 bits per heavy atom. The van der Waals surface area contributed by atoms with Crippen molar-refractivity contribution >= 4 is 0 Å². The first-order valence-corrected chi connectivity index (χ1v) is 7.87. The summed E-state index contributed by atoms with van der Waals surface area (Å²) >= 11 is 0. The molecule has 2 aliphatic rings. The van der Waals surface area contributed by atoms with Gasteiger partial charge in [-0.15, -0.1) is 5.10 Å². The van der Waals surface area contributed by atoms with Crippen LogP contribution in [0.15, 0.2) is 18.5 Å². The van der Waals surface area contributed by atoms with Crippen molar-refractivity contribution in [2.45, 2.75) is 45.1 Å². The van der Waals surface area contributed by atoms with Gasteiger partial charge in [0.1, 0.15) is 5.82 Å². The number of piperidine rings is 1. The van der Waals surface area contributed by atoms with Gasteiger partial charge in [0.25, 0.3) is 0 Å². The van der Waals surface area contributed by atoms with E-state index in [4.69, 9.17) is 4.74 Å². The highest BCUT2D eigenvalue weighted by molar-refractivity contribution is 5.05. The van der Waals surface area contributed by atoms with E-state index in [9.17, 15) is 0 Å². The molecular weight excluding hydrogens is 280 g/mol. The van der Waals surface area contributed by atoms with Crippen LogP contribution in [0.4, 0.5) is 0 Å². The molecule has 0 aliphatic carbocycles. The van der Waals surface area contributed by atoms with E-state index in [1.54, 1.807) is 6.20 Å². The van der Waals surface area contributed by atoms with Gasteiger partial charge in [-0.1, -0.05) is 12.1 Å². The Kier molecular flexibility index (Phi) is 3.59. The number of ether oxygens (including phenoxy) is 1. The second-order valence-electron chi connectivity index (χ2n) is 5.93. The maximum Gasteiger partial charge on any atom is 0.128 e. The molecule has 7 nitrogen and oxygen atoms in total. The van der Waals surface area contributed by atoms with Gasteiger partial charge in [-0.25, -0.2) is 14.6 Å². The summed E-state index contributed by atoms with van der Waals surface area (Å²) in [5.41, 5.74) is 2.15. The van der Waals surface area contributed by atoms with E-state index < -0.39 is 0 Å². The van der Waals surface area contributed by atoms with Gasteiger partial charge in [0.2, 0.25) is 0 Å². The topological polar surface area (TPSA) is 69.0 Å². The predicted molar refractivity (Wildman–Crippen MR) is 78.9 cm³/mol. The summed E-state index contributed by atoms with van der Waals surface area (Å²) in [6, 6.07) is 2.26. The summed E-state index contributed by atoms with van der Waals surface area (Å²) in [4.78, 5) is 11.3. The van der Waals surface area contributed by atoms with Crippen LogP contribution in [0.2, 0.25) is 0 Å². The zero-order chi connectivity index (χ0) is 14.9. The molecule has 0 N–H and O–H groups in total. The fourth-order valence-corrected chi connectivity index (χ4v) is 3.32. The minimum atomic E-state index is 0.252. The molecule has 4 heterocycles. The van der Waals surface area contributed by atoms with E-state index in [2.05, 4.69) is 32.1 Å². The zero-order valence-corrected chi connectivity index (χ0v) is 12.7. The average molecular weight is 300 g/mol. The van der Waals surface area contributed by atoms with Gasteiger partial charge in [-0.2, -0.15) is 0 Å². The van der Waals surface area contributed by atoms with E-state index >= 15 is 0 Å². The summed E-state index contributed by atoms with van der Waals surface area (Å²) in [5, 5.41) is 8.26. The summed E-state index contributed by atoms with van der Waals surface area (Å²) in [7, 11) is 0. The van der Waals surface area contributed by atoms with Crippen molar-refractivity contribution in [2.24, 2.45) is 0 Å². The Morgan fingerprint density at radius 3 is 3.27 bits per heavy atom. The van der Waals surface area contributed by atoms with E-state index in [1.807, 2.05) is 16.9 Å². The maximum absolute atomic E-state index is 5.95. The highest BCUT2D eigenvalue weighted by atomic mass is 16.5. The maximum atomic E-state index is 5.95. The molecule has 0 amide bonds. The standard InChI is InChI=1S/C15H20N6O/c1-2-15-16-5-3-11(18-15)8-20-6-4-14-13(9-20)21-12(10-22-14)7-17-19-21/h3,5,7,13-14H,2,4,6,8-10H2,1H3/t13-,14-/m0/s1. The Labute approximate surface area is 129 Å². The molecule has 22 heavy (non-hydrogen) atoms. The lowest BCUT2D eigenvalue weighted by Crippen LogP contribution is -2.47. The minimum Gasteiger partial charge on any atom is -0.370 e. The molecule has 0 radical (unpaired) electrons. The second kappa shape index (κ2) is 5.73. The monoisotopic (exact) mass is 300 g/mol. The number of hydrogen-bond acceptors (Lipinski definition) is 6. The molecule has 4 rings (SSSR count). The zero-order valence-electron chi connectivity index (χ0n) is 12.7. The Hall–Kier alpha value is -1.86. The number of rotatable bonds is 3. The summed E-state index contributed by atoms with van der Waals surface area (Å²) < 4.78 is 7.99. The van der Waals surface area contributed by atoms with Crippen LogP contribution in [-0.4, -0.2) is 49.1 Å². The van der Waals surface area contributed by atoms with Crippen LogP contribution in [0.3, 0.4) is 0 Å². The molecule has 0 spiro atoms. The van der Waals surface area contributed by atoms with Crippen molar-refractivity contribution in [3.05, 3.63) is 35.7 Å². The van der Waals surface area contributed by atoms with Crippen molar-refractivity contribution in [1.29, 1.82) is 0 Å². The van der Waals surface area contributed by atoms with Crippen molar-refractivity contribution in [3.8, 4) is 0 Å². The smallest absolute Gasteiger partial charge is 0.128 e. The first kappa shape index (κ1) is 13.8. The molecule has 1 saturated heterocycles. The van der Waals surface area contributed by atoms with Crippen molar-refractivity contribution < 1.29 is 4.74 Å². The van der Waals surface area contributed by atoms with Crippen LogP contribution >= 0.6 is 0 Å². The third-order valence-electron chi connectivity index (χ3n) is 4.48. The third kappa shape index (κ3) is 2.50. The minimum absolute atomic E-state index is 0.252. The SMILES string of the molecule is CCc1nccc(CN2CC[C@@H]3OCc4cnnn4[C@H]3C2)n1. The molecule has 0 saturated carbocycles. The largest absolute Gasteiger partial charge is 0.370 e. The average Bonchev–Trinajstić information content (AvgIpc) is 3.04. The van der Waals surface area contributed by atoms with Crippen LogP contribution in [0.25, 0.3) is 0 Å². The van der Waals surface area contributed by atoms with Crippen LogP contribution in [0.5, 0.6) is 0 Å². The first-order chi connectivity index (χ1) is 10.8. The predicted octanol–water partition coefficient (Wildman–Crippen LogP) is 0.976. The van der Waals surface area contributed by atoms with Crippen LogP contribution in [0.1, 0.15) is 36.6 Å². The highest BCUT2D eigenvalue weighted by Crippen LogP contribution is 2.30. The highest BCUT2D eigenvalue weighted by Gasteiger charge is 2.36. The molecule has 2 aliphatic heterocycles. The quantitative estimate of drug-likeness (QED) is 0.841. The molecule has 7 heteroatoms. The van der Waals surface area contributed by atoms with Gasteiger partial charge >= 0.3 is 0 Å². The van der Waals surface area contributed by atoms with E-state index in [1.165, 1.54) is 0 Å². The number of aromatic nitrogens is 5. The Bertz CT molecular complexity index is 657. The molecule has 2 atom stereocenters. The first-order valence-electron chi connectivity index (χ1n) is 7.87. The summed E-state index contributed by atoms with van der Waals surface area (Å²) in [6.45, 7) is 5.50. The molecule has 0 bridgehead atoms. The lowest BCUT2D eigenvalue weighted by molar-refractivity contribution is -0.0671. The lowest BCUT2D eigenvalue weighted by atomic mass is 10.0. The molecule has 0 unspecified atom stereocenters. The van der Waals surface area contributed by atoms with Crippen molar-refractivity contribution in [3.63, 3.8) is 0 Å². The molecule has 2 aromatic heterocycles. The second-order valence-corrected chi connectivity index (χ2v) is 5.93. The lowest BCUT2D eigenvalue weighted by Gasteiger charge is -2.40. The van der Waals surface area contributed by atoms with Gasteiger partial charge in [0.05, 0.1) is 36.3 Å². The van der Waals surface area contributed by atoms with E-state index in [0.29, 0.717) is 6.61 Å². The number of fused-ring (bicyclic) bond motifs is 3. The normalized spacial score (nSPS) is 24.8. The fraction of sp³-hybridized carbons (Fsp3) is 0.600. The number of aryl methyl sites for hydroxylation is 1. The van der Waals surface area contributed by atoms with E-state index in [0.717, 1.165) is 49.7 Å². The van der Waals surface area contributed by atoms with Crippen LogP contribution in [-0.2, 0) is 24.3 Å². The van der Waals surface area contributed by atoms with Crippen molar-refractivity contribution in [1.82, 2.24) is 29.9 Å². The van der Waals surface area contributed by atoms with Gasteiger partial charge in [0, 0.05) is 32.3 Å². The summed E-state index contributed by atoms with van der Waals surface area (Å²) in [6.07, 6.45) is 5.80. The molecule has 0 aromatic carbocycles. The Balaban J connectivity index is 1.49. The van der Waals surface area contributed by atoms with Crippen molar-refractivity contribution in [2.75, 3.05) is 13.1 Å². The molecule has 2 aromatic rings. The summed E-state index contributed by atoms with van der Waals surface area (Å²) in [5.74, 6) is 0.909. The Morgan fingerprint density at radius 1 is 1.41 bits per heavy atom. The van der Waals surface area contributed by atoms with Crippen LogP contribution < -0.4 is 0 Å².